The van der Waals surface area contributed by atoms with Gasteiger partial charge in [0.25, 0.3) is 0 Å². The molecule has 1 aliphatic carbocycles. The molecular weight excluding hydrogens is 250 g/mol. The van der Waals surface area contributed by atoms with Crippen LogP contribution in [0.4, 0.5) is 0 Å². The van der Waals surface area contributed by atoms with Gasteiger partial charge in [-0.05, 0) is 47.8 Å². The zero-order chi connectivity index (χ0) is 14.8. The highest BCUT2D eigenvalue weighted by molar-refractivity contribution is 5.78. The lowest BCUT2D eigenvalue weighted by atomic mass is 10.0. The molecule has 20 heavy (non-hydrogen) atoms. The highest BCUT2D eigenvalue weighted by Gasteiger charge is 2.69. The number of unbranched alkanes of at least 4 members (excludes halogenated alkanes) is 1. The van der Waals surface area contributed by atoms with Crippen LogP contribution in [-0.2, 0) is 16.0 Å². The van der Waals surface area contributed by atoms with Gasteiger partial charge in [-0.2, -0.15) is 0 Å². The number of nitrogens with zero attached hydrogens (tertiary/aromatic N) is 1. The van der Waals surface area contributed by atoms with Gasteiger partial charge < -0.3 is 4.74 Å². The average molecular weight is 275 g/mol. The van der Waals surface area contributed by atoms with Crippen LogP contribution in [-0.4, -0.2) is 17.6 Å². The summed E-state index contributed by atoms with van der Waals surface area (Å²) in [6.07, 6.45) is 6.59. The van der Waals surface area contributed by atoms with Crippen LogP contribution in [0.5, 0.6) is 0 Å². The molecule has 0 amide bonds. The van der Waals surface area contributed by atoms with Crippen molar-refractivity contribution in [3.05, 3.63) is 30.1 Å². The van der Waals surface area contributed by atoms with Gasteiger partial charge >= 0.3 is 5.97 Å². The lowest BCUT2D eigenvalue weighted by Gasteiger charge is -2.06. The molecule has 0 radical (unpaired) electrons. The normalized spacial score (nSPS) is 19.6. The van der Waals surface area contributed by atoms with Crippen molar-refractivity contribution >= 4 is 5.97 Å². The predicted molar refractivity (Wildman–Crippen MR) is 79.2 cm³/mol. The molecule has 1 aromatic heterocycles. The maximum atomic E-state index is 12.0. The molecule has 1 heterocycles. The zero-order valence-electron chi connectivity index (χ0n) is 13.0. The summed E-state index contributed by atoms with van der Waals surface area (Å²) in [6, 6.07) is 4.06. The molecule has 1 aliphatic rings. The van der Waals surface area contributed by atoms with Crippen LogP contribution in [0, 0.1) is 16.7 Å². The highest BCUT2D eigenvalue weighted by atomic mass is 16.5. The maximum absolute atomic E-state index is 12.0. The summed E-state index contributed by atoms with van der Waals surface area (Å²) in [5, 5.41) is 0. The molecule has 3 heteroatoms. The number of aromatic nitrogens is 1. The minimum atomic E-state index is -0.0242. The second kappa shape index (κ2) is 5.55. The van der Waals surface area contributed by atoms with E-state index in [2.05, 4.69) is 32.7 Å². The van der Waals surface area contributed by atoms with Crippen molar-refractivity contribution in [1.82, 2.24) is 4.98 Å². The monoisotopic (exact) mass is 275 g/mol. The second-order valence-electron chi connectivity index (χ2n) is 6.86. The number of carbonyl (C=O) groups excluding carboxylic acids is 1. The SMILES string of the molecule is CC1(C)C(C(=O)OCCCCc2ccncc2)C1(C)C. The predicted octanol–water partition coefficient (Wildman–Crippen LogP) is 3.63. The van der Waals surface area contributed by atoms with Gasteiger partial charge in [-0.1, -0.05) is 27.7 Å². The third kappa shape index (κ3) is 2.87. The van der Waals surface area contributed by atoms with Crippen molar-refractivity contribution in [3.8, 4) is 0 Å². The number of hydrogen-bond acceptors (Lipinski definition) is 3. The van der Waals surface area contributed by atoms with Gasteiger partial charge in [0, 0.05) is 12.4 Å². The Morgan fingerprint density at radius 3 is 2.30 bits per heavy atom. The summed E-state index contributed by atoms with van der Waals surface area (Å²) in [5.74, 6) is 0.0270. The Hall–Kier alpha value is -1.38. The van der Waals surface area contributed by atoms with Crippen molar-refractivity contribution < 1.29 is 9.53 Å². The van der Waals surface area contributed by atoms with Gasteiger partial charge in [-0.25, -0.2) is 0 Å². The molecule has 0 saturated heterocycles. The summed E-state index contributed by atoms with van der Waals surface area (Å²) in [7, 11) is 0. The Balaban J connectivity index is 1.64. The van der Waals surface area contributed by atoms with Crippen molar-refractivity contribution in [1.29, 1.82) is 0 Å². The number of hydrogen-bond donors (Lipinski definition) is 0. The first-order chi connectivity index (χ1) is 9.37. The summed E-state index contributed by atoms with van der Waals surface area (Å²) in [4.78, 5) is 16.0. The standard InChI is InChI=1S/C17H25NO2/c1-16(2)14(17(16,3)4)15(19)20-12-6-5-7-13-8-10-18-11-9-13/h8-11,14H,5-7,12H2,1-4H3. The van der Waals surface area contributed by atoms with Crippen molar-refractivity contribution in [2.75, 3.05) is 6.61 Å². The fourth-order valence-corrected chi connectivity index (χ4v) is 3.02. The smallest absolute Gasteiger partial charge is 0.310 e. The molecule has 0 aromatic carbocycles. The Morgan fingerprint density at radius 1 is 1.15 bits per heavy atom. The molecule has 110 valence electrons. The molecule has 1 aromatic rings. The Kier molecular flexibility index (Phi) is 4.17. The van der Waals surface area contributed by atoms with Crippen LogP contribution < -0.4 is 0 Å². The average Bonchev–Trinajstić information content (AvgIpc) is 2.80. The number of rotatable bonds is 6. The fraction of sp³-hybridized carbons (Fsp3) is 0.647. The van der Waals surface area contributed by atoms with Crippen LogP contribution in [0.2, 0.25) is 0 Å². The van der Waals surface area contributed by atoms with Crippen molar-refractivity contribution in [2.45, 2.75) is 47.0 Å². The molecule has 0 N–H and O–H groups in total. The molecule has 0 bridgehead atoms. The van der Waals surface area contributed by atoms with E-state index in [9.17, 15) is 4.79 Å². The zero-order valence-corrected chi connectivity index (χ0v) is 13.0. The van der Waals surface area contributed by atoms with Crippen molar-refractivity contribution in [3.63, 3.8) is 0 Å². The van der Waals surface area contributed by atoms with E-state index in [0.29, 0.717) is 6.61 Å². The van der Waals surface area contributed by atoms with E-state index in [0.717, 1.165) is 19.3 Å². The molecular formula is C17H25NO2. The molecule has 2 rings (SSSR count). The third-order valence-corrected chi connectivity index (χ3v) is 5.11. The second-order valence-corrected chi connectivity index (χ2v) is 6.86. The van der Waals surface area contributed by atoms with Crippen LogP contribution in [0.15, 0.2) is 24.5 Å². The lowest BCUT2D eigenvalue weighted by Crippen LogP contribution is -2.12. The number of esters is 1. The minimum absolute atomic E-state index is 0.0242. The van der Waals surface area contributed by atoms with Crippen LogP contribution in [0.1, 0.15) is 46.1 Å². The number of ether oxygens (including phenoxy) is 1. The molecule has 1 fully saturated rings. The van der Waals surface area contributed by atoms with Gasteiger partial charge in [0.2, 0.25) is 0 Å². The Bertz CT molecular complexity index is 451. The van der Waals surface area contributed by atoms with Crippen molar-refractivity contribution in [2.24, 2.45) is 16.7 Å². The Labute approximate surface area is 121 Å². The molecule has 0 unspecified atom stereocenters. The first kappa shape index (κ1) is 15.0. The van der Waals surface area contributed by atoms with E-state index in [4.69, 9.17) is 4.74 Å². The van der Waals surface area contributed by atoms with Crippen LogP contribution in [0.3, 0.4) is 0 Å². The maximum Gasteiger partial charge on any atom is 0.310 e. The van der Waals surface area contributed by atoms with E-state index in [1.54, 1.807) is 0 Å². The van der Waals surface area contributed by atoms with E-state index in [1.807, 2.05) is 24.5 Å². The first-order valence-corrected chi connectivity index (χ1v) is 7.43. The molecule has 3 nitrogen and oxygen atoms in total. The number of pyridine rings is 1. The van der Waals surface area contributed by atoms with E-state index in [-0.39, 0.29) is 22.7 Å². The Morgan fingerprint density at radius 2 is 1.75 bits per heavy atom. The highest BCUT2D eigenvalue weighted by Crippen LogP contribution is 2.68. The van der Waals surface area contributed by atoms with Gasteiger partial charge in [0.05, 0.1) is 12.5 Å². The summed E-state index contributed by atoms with van der Waals surface area (Å²) in [5.41, 5.74) is 1.43. The van der Waals surface area contributed by atoms with Crippen LogP contribution in [0.25, 0.3) is 0 Å². The topological polar surface area (TPSA) is 39.2 Å². The minimum Gasteiger partial charge on any atom is -0.465 e. The largest absolute Gasteiger partial charge is 0.465 e. The van der Waals surface area contributed by atoms with E-state index >= 15 is 0 Å². The van der Waals surface area contributed by atoms with Crippen LogP contribution >= 0.6 is 0 Å². The lowest BCUT2D eigenvalue weighted by molar-refractivity contribution is -0.146. The van der Waals surface area contributed by atoms with E-state index in [1.165, 1.54) is 5.56 Å². The summed E-state index contributed by atoms with van der Waals surface area (Å²) >= 11 is 0. The summed E-state index contributed by atoms with van der Waals surface area (Å²) < 4.78 is 5.42. The molecule has 0 atom stereocenters. The third-order valence-electron chi connectivity index (χ3n) is 5.11. The van der Waals surface area contributed by atoms with Gasteiger partial charge in [0.15, 0.2) is 0 Å². The quantitative estimate of drug-likeness (QED) is 0.588. The van der Waals surface area contributed by atoms with Gasteiger partial charge in [-0.15, -0.1) is 0 Å². The van der Waals surface area contributed by atoms with E-state index < -0.39 is 0 Å². The molecule has 0 spiro atoms. The molecule has 0 aliphatic heterocycles. The fourth-order valence-electron chi connectivity index (χ4n) is 3.02. The molecule has 1 saturated carbocycles. The van der Waals surface area contributed by atoms with Gasteiger partial charge in [0.1, 0.15) is 0 Å². The van der Waals surface area contributed by atoms with Gasteiger partial charge in [-0.3, -0.25) is 9.78 Å². The number of carbonyl (C=O) groups is 1. The summed E-state index contributed by atoms with van der Waals surface area (Å²) in [6.45, 7) is 9.10. The first-order valence-electron chi connectivity index (χ1n) is 7.43. The number of aryl methyl sites for hydroxylation is 1.